The molecule has 4 aromatic rings. The number of rotatable bonds is 12. The van der Waals surface area contributed by atoms with Crippen molar-refractivity contribution >= 4 is 22.4 Å². The fourth-order valence-corrected chi connectivity index (χ4v) is 3.87. The highest BCUT2D eigenvalue weighted by Gasteiger charge is 2.12. The van der Waals surface area contributed by atoms with Crippen LogP contribution in [0.5, 0.6) is 11.5 Å². The van der Waals surface area contributed by atoms with Gasteiger partial charge in [-0.25, -0.2) is 9.97 Å². The minimum Gasteiger partial charge on any atom is -0.507 e. The van der Waals surface area contributed by atoms with Crippen molar-refractivity contribution in [2.45, 2.75) is 13.8 Å². The van der Waals surface area contributed by atoms with Gasteiger partial charge in [0.25, 0.3) is 0 Å². The largest absolute Gasteiger partial charge is 0.507 e. The van der Waals surface area contributed by atoms with Crippen LogP contribution in [0.15, 0.2) is 72.8 Å². The summed E-state index contributed by atoms with van der Waals surface area (Å²) in [5, 5.41) is 18.0. The third kappa shape index (κ3) is 6.47. The van der Waals surface area contributed by atoms with Crippen LogP contribution in [0.4, 0.5) is 11.5 Å². The van der Waals surface area contributed by atoms with E-state index in [1.807, 2.05) is 60.7 Å². The summed E-state index contributed by atoms with van der Waals surface area (Å²) >= 11 is 0. The zero-order chi connectivity index (χ0) is 24.5. The predicted octanol–water partition coefficient (Wildman–Crippen LogP) is 5.06. The standard InChI is InChI=1S/C28H33N5O2/c1-3-33(4-2)19-17-29-18-20-35-22-15-13-21(14-16-22)30-27-23-9-5-7-11-25(23)31-28(32-27)24-10-6-8-12-26(24)34/h5-16,29,34H,3-4,17-20H2,1-2H3,(H,30,31,32). The van der Waals surface area contributed by atoms with Gasteiger partial charge in [0.05, 0.1) is 11.1 Å². The Kier molecular flexibility index (Phi) is 8.48. The molecule has 182 valence electrons. The molecule has 0 fully saturated rings. The van der Waals surface area contributed by atoms with E-state index in [0.717, 1.165) is 55.1 Å². The molecule has 3 N–H and O–H groups in total. The minimum absolute atomic E-state index is 0.151. The number of para-hydroxylation sites is 2. The van der Waals surface area contributed by atoms with E-state index in [0.29, 0.717) is 23.8 Å². The summed E-state index contributed by atoms with van der Waals surface area (Å²) in [6.07, 6.45) is 0. The molecule has 0 spiro atoms. The van der Waals surface area contributed by atoms with E-state index >= 15 is 0 Å². The molecule has 0 atom stereocenters. The number of ether oxygens (including phenoxy) is 1. The predicted molar refractivity (Wildman–Crippen MR) is 143 cm³/mol. The Bertz CT molecular complexity index is 1230. The topological polar surface area (TPSA) is 82.5 Å². The lowest BCUT2D eigenvalue weighted by molar-refractivity contribution is 0.285. The molecule has 7 heteroatoms. The first-order valence-corrected chi connectivity index (χ1v) is 12.2. The average molecular weight is 472 g/mol. The van der Waals surface area contributed by atoms with Gasteiger partial charge in [-0.2, -0.15) is 0 Å². The number of phenols is 1. The average Bonchev–Trinajstić information content (AvgIpc) is 2.89. The summed E-state index contributed by atoms with van der Waals surface area (Å²) in [7, 11) is 0. The molecule has 35 heavy (non-hydrogen) atoms. The molecule has 0 amide bonds. The Hall–Kier alpha value is -3.68. The summed E-state index contributed by atoms with van der Waals surface area (Å²) in [6.45, 7) is 9.97. The number of nitrogens with one attached hydrogen (secondary N) is 2. The number of phenolic OH excluding ortho intramolecular Hbond substituents is 1. The maximum Gasteiger partial charge on any atom is 0.165 e. The first-order valence-electron chi connectivity index (χ1n) is 12.2. The van der Waals surface area contributed by atoms with Crippen LogP contribution in [0, 0.1) is 0 Å². The summed E-state index contributed by atoms with van der Waals surface area (Å²) in [4.78, 5) is 11.8. The molecule has 0 saturated heterocycles. The van der Waals surface area contributed by atoms with Gasteiger partial charge in [-0.05, 0) is 61.6 Å². The number of anilines is 2. The Labute approximate surface area is 206 Å². The number of nitrogens with zero attached hydrogens (tertiary/aromatic N) is 3. The Morgan fingerprint density at radius 3 is 2.37 bits per heavy atom. The second-order valence-electron chi connectivity index (χ2n) is 8.20. The van der Waals surface area contributed by atoms with Crippen molar-refractivity contribution in [1.29, 1.82) is 0 Å². The number of benzene rings is 3. The van der Waals surface area contributed by atoms with Gasteiger partial charge in [-0.1, -0.05) is 38.1 Å². The normalized spacial score (nSPS) is 11.2. The van der Waals surface area contributed by atoms with Crippen molar-refractivity contribution in [3.8, 4) is 22.9 Å². The molecule has 0 unspecified atom stereocenters. The van der Waals surface area contributed by atoms with Crippen LogP contribution in [0.3, 0.4) is 0 Å². The van der Waals surface area contributed by atoms with Gasteiger partial charge in [0.1, 0.15) is 23.9 Å². The Morgan fingerprint density at radius 2 is 1.60 bits per heavy atom. The lowest BCUT2D eigenvalue weighted by Gasteiger charge is -2.18. The summed E-state index contributed by atoms with van der Waals surface area (Å²) in [6, 6.07) is 22.8. The smallest absolute Gasteiger partial charge is 0.165 e. The lowest BCUT2D eigenvalue weighted by Crippen LogP contribution is -2.33. The molecule has 0 aliphatic rings. The van der Waals surface area contributed by atoms with Gasteiger partial charge >= 0.3 is 0 Å². The molecule has 1 heterocycles. The zero-order valence-electron chi connectivity index (χ0n) is 20.4. The van der Waals surface area contributed by atoms with Crippen molar-refractivity contribution < 1.29 is 9.84 Å². The molecule has 0 radical (unpaired) electrons. The molecule has 3 aromatic carbocycles. The van der Waals surface area contributed by atoms with Crippen LogP contribution in [-0.4, -0.2) is 59.3 Å². The van der Waals surface area contributed by atoms with Crippen LogP contribution in [-0.2, 0) is 0 Å². The number of aromatic hydroxyl groups is 1. The second kappa shape index (κ2) is 12.1. The third-order valence-electron chi connectivity index (χ3n) is 5.91. The van der Waals surface area contributed by atoms with E-state index in [4.69, 9.17) is 9.72 Å². The molecule has 0 aliphatic heterocycles. The monoisotopic (exact) mass is 471 g/mol. The van der Waals surface area contributed by atoms with Gasteiger partial charge < -0.3 is 25.4 Å². The van der Waals surface area contributed by atoms with Crippen molar-refractivity contribution in [2.75, 3.05) is 44.6 Å². The molecular weight excluding hydrogens is 438 g/mol. The summed E-state index contributed by atoms with van der Waals surface area (Å²) in [5.41, 5.74) is 2.29. The third-order valence-corrected chi connectivity index (χ3v) is 5.91. The van der Waals surface area contributed by atoms with Crippen LogP contribution < -0.4 is 15.4 Å². The van der Waals surface area contributed by atoms with E-state index in [9.17, 15) is 5.11 Å². The number of fused-ring (bicyclic) bond motifs is 1. The van der Waals surface area contributed by atoms with Gasteiger partial charge in [-0.3, -0.25) is 0 Å². The van der Waals surface area contributed by atoms with Gasteiger partial charge in [0.15, 0.2) is 5.82 Å². The summed E-state index contributed by atoms with van der Waals surface area (Å²) < 4.78 is 5.87. The Morgan fingerprint density at radius 1 is 0.857 bits per heavy atom. The van der Waals surface area contributed by atoms with Crippen LogP contribution in [0.25, 0.3) is 22.3 Å². The Balaban J connectivity index is 1.40. The molecule has 0 aliphatic carbocycles. The lowest BCUT2D eigenvalue weighted by atomic mass is 10.1. The maximum atomic E-state index is 10.3. The van der Waals surface area contributed by atoms with Crippen LogP contribution >= 0.6 is 0 Å². The second-order valence-corrected chi connectivity index (χ2v) is 8.20. The van der Waals surface area contributed by atoms with Crippen molar-refractivity contribution in [3.05, 3.63) is 72.8 Å². The maximum absolute atomic E-state index is 10.3. The van der Waals surface area contributed by atoms with E-state index in [1.165, 1.54) is 0 Å². The van der Waals surface area contributed by atoms with E-state index in [-0.39, 0.29) is 5.75 Å². The quantitative estimate of drug-likeness (QED) is 0.249. The zero-order valence-corrected chi connectivity index (χ0v) is 20.4. The SMILES string of the molecule is CCN(CC)CCNCCOc1ccc(Nc2nc(-c3ccccc3O)nc3ccccc23)cc1. The van der Waals surface area contributed by atoms with Crippen molar-refractivity contribution in [1.82, 2.24) is 20.2 Å². The van der Waals surface area contributed by atoms with Gasteiger partial charge in [0.2, 0.25) is 0 Å². The van der Waals surface area contributed by atoms with E-state index in [1.54, 1.807) is 12.1 Å². The first-order chi connectivity index (χ1) is 17.2. The highest BCUT2D eigenvalue weighted by atomic mass is 16.5. The highest BCUT2D eigenvalue weighted by Crippen LogP contribution is 2.31. The number of likely N-dealkylation sites (N-methyl/N-ethyl adjacent to an activating group) is 1. The molecule has 0 bridgehead atoms. The highest BCUT2D eigenvalue weighted by molar-refractivity contribution is 5.92. The van der Waals surface area contributed by atoms with Crippen molar-refractivity contribution in [3.63, 3.8) is 0 Å². The molecule has 7 nitrogen and oxygen atoms in total. The van der Waals surface area contributed by atoms with Crippen molar-refractivity contribution in [2.24, 2.45) is 0 Å². The van der Waals surface area contributed by atoms with E-state index < -0.39 is 0 Å². The molecule has 0 saturated carbocycles. The molecule has 1 aromatic heterocycles. The summed E-state index contributed by atoms with van der Waals surface area (Å²) in [5.74, 6) is 2.12. The number of aromatic nitrogens is 2. The van der Waals surface area contributed by atoms with Gasteiger partial charge in [-0.15, -0.1) is 0 Å². The molecule has 4 rings (SSSR count). The fourth-order valence-electron chi connectivity index (χ4n) is 3.87. The first kappa shape index (κ1) is 24.4. The fraction of sp³-hybridized carbons (Fsp3) is 0.286. The van der Waals surface area contributed by atoms with Crippen LogP contribution in [0.2, 0.25) is 0 Å². The van der Waals surface area contributed by atoms with Crippen LogP contribution in [0.1, 0.15) is 13.8 Å². The van der Waals surface area contributed by atoms with E-state index in [2.05, 4.69) is 34.4 Å². The number of hydrogen-bond donors (Lipinski definition) is 3. The minimum atomic E-state index is 0.151. The van der Waals surface area contributed by atoms with Gasteiger partial charge in [0, 0.05) is 30.7 Å². The number of hydrogen-bond acceptors (Lipinski definition) is 7. The molecular formula is C28H33N5O2.